The van der Waals surface area contributed by atoms with Crippen molar-refractivity contribution in [2.75, 3.05) is 11.6 Å². The van der Waals surface area contributed by atoms with E-state index in [9.17, 15) is 14.7 Å². The van der Waals surface area contributed by atoms with E-state index in [0.717, 1.165) is 0 Å². The van der Waals surface area contributed by atoms with Crippen LogP contribution in [0.3, 0.4) is 0 Å². The average Bonchev–Trinajstić information content (AvgIpc) is 2.55. The molecule has 1 amide bonds. The minimum atomic E-state index is -0.473. The Kier molecular flexibility index (Phi) is 4.52. The van der Waals surface area contributed by atoms with Crippen LogP contribution < -0.4 is 10.9 Å². The summed E-state index contributed by atoms with van der Waals surface area (Å²) in [5, 5.41) is 14.0. The minimum Gasteiger partial charge on any atom is -0.507 e. The number of thioether (sulfide) groups is 1. The maximum atomic E-state index is 12.5. The number of amides is 1. The van der Waals surface area contributed by atoms with Crippen molar-refractivity contribution < 1.29 is 9.90 Å². The fourth-order valence-corrected chi connectivity index (χ4v) is 2.83. The Morgan fingerprint density at radius 1 is 1.25 bits per heavy atom. The summed E-state index contributed by atoms with van der Waals surface area (Å²) in [6.07, 6.45) is 1.88. The minimum absolute atomic E-state index is 0.0555. The highest BCUT2D eigenvalue weighted by atomic mass is 32.2. The van der Waals surface area contributed by atoms with Crippen molar-refractivity contribution in [2.45, 2.75) is 5.75 Å². The molecule has 3 aromatic rings. The summed E-state index contributed by atoms with van der Waals surface area (Å²) in [5.74, 6) is 0.633. The van der Waals surface area contributed by atoms with E-state index in [4.69, 9.17) is 0 Å². The Morgan fingerprint density at radius 3 is 2.79 bits per heavy atom. The van der Waals surface area contributed by atoms with Crippen molar-refractivity contribution in [1.82, 2.24) is 9.97 Å². The van der Waals surface area contributed by atoms with Crippen molar-refractivity contribution in [3.05, 3.63) is 64.3 Å². The molecule has 24 heavy (non-hydrogen) atoms. The van der Waals surface area contributed by atoms with E-state index in [0.29, 0.717) is 28.0 Å². The molecule has 0 aliphatic rings. The highest BCUT2D eigenvalue weighted by molar-refractivity contribution is 7.97. The van der Waals surface area contributed by atoms with Gasteiger partial charge in [0.1, 0.15) is 17.3 Å². The number of rotatable bonds is 4. The normalized spacial score (nSPS) is 10.7. The molecule has 0 saturated heterocycles. The Balaban J connectivity index is 1.96. The lowest BCUT2D eigenvalue weighted by Gasteiger charge is -2.09. The van der Waals surface area contributed by atoms with E-state index in [1.807, 2.05) is 6.26 Å². The number of nitrogens with one attached hydrogen (secondary N) is 2. The van der Waals surface area contributed by atoms with Crippen molar-refractivity contribution in [3.63, 3.8) is 0 Å². The van der Waals surface area contributed by atoms with Crippen LogP contribution in [0.4, 0.5) is 5.69 Å². The maximum absolute atomic E-state index is 12.5. The van der Waals surface area contributed by atoms with Crippen molar-refractivity contribution in [1.29, 1.82) is 0 Å². The van der Waals surface area contributed by atoms with E-state index in [2.05, 4.69) is 15.3 Å². The summed E-state index contributed by atoms with van der Waals surface area (Å²) in [6.45, 7) is 0. The van der Waals surface area contributed by atoms with Gasteiger partial charge in [-0.3, -0.25) is 9.59 Å². The lowest BCUT2D eigenvalue weighted by Crippen LogP contribution is -2.20. The number of phenols is 1. The van der Waals surface area contributed by atoms with E-state index in [-0.39, 0.29) is 17.0 Å². The number of aromatic hydroxyl groups is 1. The summed E-state index contributed by atoms with van der Waals surface area (Å²) in [4.78, 5) is 30.9. The number of anilines is 1. The first-order valence-corrected chi connectivity index (χ1v) is 8.59. The number of aromatic nitrogens is 2. The second-order valence-corrected chi connectivity index (χ2v) is 6.01. The third-order valence-corrected chi connectivity index (χ3v) is 4.01. The Hall–Kier alpha value is -2.80. The summed E-state index contributed by atoms with van der Waals surface area (Å²) in [7, 11) is 0. The number of H-pyrrole nitrogens is 1. The first-order chi connectivity index (χ1) is 11.6. The van der Waals surface area contributed by atoms with Gasteiger partial charge in [0.2, 0.25) is 0 Å². The van der Waals surface area contributed by atoms with Gasteiger partial charge in [0, 0.05) is 22.5 Å². The lowest BCUT2D eigenvalue weighted by molar-refractivity contribution is 0.102. The number of aromatic amines is 1. The molecule has 3 rings (SSSR count). The van der Waals surface area contributed by atoms with Crippen LogP contribution in [0, 0.1) is 0 Å². The number of fused-ring (bicyclic) bond motifs is 1. The molecular formula is C17H15N3O3S. The van der Waals surface area contributed by atoms with Crippen LogP contribution in [0.2, 0.25) is 0 Å². The van der Waals surface area contributed by atoms with Gasteiger partial charge in [0.15, 0.2) is 0 Å². The monoisotopic (exact) mass is 341 g/mol. The molecule has 0 aliphatic carbocycles. The zero-order valence-corrected chi connectivity index (χ0v) is 13.7. The number of hydrogen-bond donors (Lipinski definition) is 3. The Bertz CT molecular complexity index is 969. The average molecular weight is 341 g/mol. The highest BCUT2D eigenvalue weighted by Gasteiger charge is 2.12. The fourth-order valence-electron chi connectivity index (χ4n) is 2.42. The van der Waals surface area contributed by atoms with E-state index >= 15 is 0 Å². The predicted octanol–water partition coefficient (Wildman–Crippen LogP) is 2.74. The second kappa shape index (κ2) is 6.76. The van der Waals surface area contributed by atoms with Crippen LogP contribution in [0.1, 0.15) is 16.3 Å². The lowest BCUT2D eigenvalue weighted by atomic mass is 10.1. The van der Waals surface area contributed by atoms with Crippen LogP contribution in [0.5, 0.6) is 5.75 Å². The molecular weight excluding hydrogens is 326 g/mol. The second-order valence-electron chi connectivity index (χ2n) is 5.14. The molecule has 0 fully saturated rings. The molecule has 0 atom stereocenters. The zero-order valence-electron chi connectivity index (χ0n) is 12.9. The molecule has 1 aromatic heterocycles. The summed E-state index contributed by atoms with van der Waals surface area (Å²) in [6, 6.07) is 11.5. The van der Waals surface area contributed by atoms with Crippen LogP contribution >= 0.6 is 11.8 Å². The highest BCUT2D eigenvalue weighted by Crippen LogP contribution is 2.29. The molecule has 0 aliphatic heterocycles. The van der Waals surface area contributed by atoms with E-state index in [1.165, 1.54) is 17.8 Å². The molecule has 7 heteroatoms. The molecule has 0 radical (unpaired) electrons. The Morgan fingerprint density at radius 2 is 2.00 bits per heavy atom. The maximum Gasteiger partial charge on any atom is 0.274 e. The number of benzene rings is 2. The number of nitrogens with zero attached hydrogens (tertiary/aromatic N) is 1. The van der Waals surface area contributed by atoms with Gasteiger partial charge in [-0.25, -0.2) is 4.98 Å². The van der Waals surface area contributed by atoms with Crippen LogP contribution in [-0.4, -0.2) is 27.2 Å². The van der Waals surface area contributed by atoms with Crippen LogP contribution in [0.25, 0.3) is 10.8 Å². The smallest absolute Gasteiger partial charge is 0.274 e. The third kappa shape index (κ3) is 3.26. The largest absolute Gasteiger partial charge is 0.507 e. The molecule has 6 nitrogen and oxygen atoms in total. The van der Waals surface area contributed by atoms with Gasteiger partial charge in [0.25, 0.3) is 11.5 Å². The third-order valence-electron chi connectivity index (χ3n) is 3.45. The molecule has 0 saturated carbocycles. The van der Waals surface area contributed by atoms with Gasteiger partial charge < -0.3 is 15.4 Å². The zero-order chi connectivity index (χ0) is 17.1. The topological polar surface area (TPSA) is 95.1 Å². The SMILES string of the molecule is CSCc1nc(C(=O)Nc2cccc3c(O)cccc23)cc(=O)[nH]1. The first kappa shape index (κ1) is 16.1. The number of hydrogen-bond acceptors (Lipinski definition) is 5. The Labute approximate surface area is 141 Å². The molecule has 1 heterocycles. The van der Waals surface area contributed by atoms with E-state index in [1.54, 1.807) is 36.4 Å². The van der Waals surface area contributed by atoms with Gasteiger partial charge in [-0.05, 0) is 18.4 Å². The van der Waals surface area contributed by atoms with Crippen molar-refractivity contribution in [3.8, 4) is 5.75 Å². The van der Waals surface area contributed by atoms with Gasteiger partial charge >= 0.3 is 0 Å². The molecule has 0 spiro atoms. The van der Waals surface area contributed by atoms with Crippen LogP contribution in [0.15, 0.2) is 47.3 Å². The predicted molar refractivity (Wildman–Crippen MR) is 95.6 cm³/mol. The van der Waals surface area contributed by atoms with Gasteiger partial charge in [-0.1, -0.05) is 24.3 Å². The number of carbonyl (C=O) groups excluding carboxylic acids is 1. The summed E-state index contributed by atoms with van der Waals surface area (Å²) in [5.41, 5.74) is 0.233. The molecule has 2 aromatic carbocycles. The standard InChI is InChI=1S/C17H15N3O3S/c1-24-9-15-18-13(8-16(22)20-15)17(23)19-12-6-2-5-11-10(12)4-3-7-14(11)21/h2-8,21H,9H2,1H3,(H,19,23)(H,18,20,22). The summed E-state index contributed by atoms with van der Waals surface area (Å²) < 4.78 is 0. The van der Waals surface area contributed by atoms with Crippen LogP contribution in [-0.2, 0) is 5.75 Å². The van der Waals surface area contributed by atoms with Gasteiger partial charge in [-0.15, -0.1) is 0 Å². The fraction of sp³-hybridized carbons (Fsp3) is 0.118. The molecule has 0 unspecified atom stereocenters. The quantitative estimate of drug-likeness (QED) is 0.678. The van der Waals surface area contributed by atoms with Gasteiger partial charge in [0.05, 0.1) is 5.75 Å². The number of carbonyl (C=O) groups is 1. The summed E-state index contributed by atoms with van der Waals surface area (Å²) >= 11 is 1.50. The van der Waals surface area contributed by atoms with E-state index < -0.39 is 5.91 Å². The molecule has 3 N–H and O–H groups in total. The first-order valence-electron chi connectivity index (χ1n) is 7.19. The van der Waals surface area contributed by atoms with Crippen molar-refractivity contribution >= 4 is 34.1 Å². The van der Waals surface area contributed by atoms with Gasteiger partial charge in [-0.2, -0.15) is 11.8 Å². The molecule has 0 bridgehead atoms. The number of phenolic OH excluding ortho intramolecular Hbond substituents is 1. The molecule has 122 valence electrons. The van der Waals surface area contributed by atoms with Crippen molar-refractivity contribution in [2.24, 2.45) is 0 Å².